The third-order valence-corrected chi connectivity index (χ3v) is 10.8. The average molecular weight is 509 g/mol. The Bertz CT molecular complexity index is 1240. The van der Waals surface area contributed by atoms with E-state index in [1.165, 1.54) is 73.1 Å². The molecule has 0 spiro atoms. The summed E-state index contributed by atoms with van der Waals surface area (Å²) in [4.78, 5) is 4.11. The molecular formula is C34H40N2S. The Hall–Kier alpha value is -2.07. The van der Waals surface area contributed by atoms with Gasteiger partial charge in [0.25, 0.3) is 0 Å². The molecule has 0 bridgehead atoms. The molecule has 7 rings (SSSR count). The van der Waals surface area contributed by atoms with Crippen LogP contribution in [0.3, 0.4) is 0 Å². The lowest BCUT2D eigenvalue weighted by Crippen LogP contribution is -2.52. The molecule has 1 atom stereocenters. The first kappa shape index (κ1) is 24.0. The normalized spacial score (nSPS) is 24.1. The number of fused-ring (bicyclic) bond motifs is 2. The van der Waals surface area contributed by atoms with Crippen LogP contribution in [0.5, 0.6) is 0 Å². The van der Waals surface area contributed by atoms with Gasteiger partial charge in [-0.15, -0.1) is 11.8 Å². The number of rotatable bonds is 7. The molecule has 0 amide bonds. The van der Waals surface area contributed by atoms with E-state index in [2.05, 4.69) is 88.7 Å². The monoisotopic (exact) mass is 508 g/mol. The van der Waals surface area contributed by atoms with Gasteiger partial charge in [-0.25, -0.2) is 0 Å². The molecule has 0 radical (unpaired) electrons. The average Bonchev–Trinajstić information content (AvgIpc) is 3.59. The molecule has 2 heterocycles. The van der Waals surface area contributed by atoms with Crippen LogP contribution < -0.4 is 5.32 Å². The summed E-state index contributed by atoms with van der Waals surface area (Å²) in [6.07, 6.45) is 11.7. The molecule has 37 heavy (non-hydrogen) atoms. The van der Waals surface area contributed by atoms with Crippen molar-refractivity contribution in [3.8, 4) is 0 Å². The van der Waals surface area contributed by atoms with Crippen molar-refractivity contribution in [1.82, 2.24) is 10.2 Å². The van der Waals surface area contributed by atoms with E-state index < -0.39 is 0 Å². The summed E-state index contributed by atoms with van der Waals surface area (Å²) in [5.41, 5.74) is 9.20. The standard InChI is InChI=1S/C34H40N2S/c1-4-8-33-26(5-1)17-20-35-34(33,29-6-2-3-7-29)30-12-11-28-24-36(22-19-27(28)23-30)21-18-25-9-13-31(14-10-25)37-32-15-16-32/h1,4-5,8-14,23,29,32,35H,2-3,6-7,15-22,24H2. The van der Waals surface area contributed by atoms with Gasteiger partial charge in [0.15, 0.2) is 0 Å². The highest BCUT2D eigenvalue weighted by atomic mass is 32.2. The molecule has 2 nitrogen and oxygen atoms in total. The third-order valence-electron chi connectivity index (χ3n) is 9.43. The number of benzene rings is 3. The highest BCUT2D eigenvalue weighted by Crippen LogP contribution is 2.48. The fraction of sp³-hybridized carbons (Fsp3) is 0.471. The van der Waals surface area contributed by atoms with Crippen LogP contribution in [0.2, 0.25) is 0 Å². The minimum Gasteiger partial charge on any atom is -0.303 e. The van der Waals surface area contributed by atoms with Gasteiger partial charge in [0, 0.05) is 36.3 Å². The largest absolute Gasteiger partial charge is 0.303 e. The van der Waals surface area contributed by atoms with Gasteiger partial charge >= 0.3 is 0 Å². The van der Waals surface area contributed by atoms with Crippen LogP contribution in [0.4, 0.5) is 0 Å². The molecule has 2 saturated carbocycles. The van der Waals surface area contributed by atoms with Gasteiger partial charge in [-0.1, -0.05) is 67.4 Å². The highest BCUT2D eigenvalue weighted by Gasteiger charge is 2.45. The second kappa shape index (κ2) is 10.2. The number of hydrogen-bond acceptors (Lipinski definition) is 3. The SMILES string of the molecule is c1ccc2c(c1)CCNC2(c1ccc2c(c1)CCN(CCc1ccc(SC3CC3)cc1)C2)C1CCCC1. The van der Waals surface area contributed by atoms with E-state index in [4.69, 9.17) is 0 Å². The quantitative estimate of drug-likeness (QED) is 0.366. The van der Waals surface area contributed by atoms with Gasteiger partial charge in [0.05, 0.1) is 5.54 Å². The molecule has 0 saturated heterocycles. The fourth-order valence-corrected chi connectivity index (χ4v) is 8.33. The van der Waals surface area contributed by atoms with E-state index in [1.54, 1.807) is 16.7 Å². The summed E-state index contributed by atoms with van der Waals surface area (Å²) in [5.74, 6) is 0.696. The second-order valence-electron chi connectivity index (χ2n) is 11.8. The van der Waals surface area contributed by atoms with Crippen molar-refractivity contribution in [2.24, 2.45) is 5.92 Å². The van der Waals surface area contributed by atoms with Gasteiger partial charge in [0.1, 0.15) is 0 Å². The van der Waals surface area contributed by atoms with E-state index in [0.29, 0.717) is 5.92 Å². The van der Waals surface area contributed by atoms with Crippen LogP contribution in [0, 0.1) is 5.92 Å². The van der Waals surface area contributed by atoms with Crippen LogP contribution in [0.25, 0.3) is 0 Å². The zero-order valence-corrected chi connectivity index (χ0v) is 22.9. The lowest BCUT2D eigenvalue weighted by atomic mass is 9.68. The first-order valence-corrected chi connectivity index (χ1v) is 15.6. The number of nitrogens with zero attached hydrogens (tertiary/aromatic N) is 1. The summed E-state index contributed by atoms with van der Waals surface area (Å²) in [5, 5.41) is 4.99. The lowest BCUT2D eigenvalue weighted by Gasteiger charge is -2.46. The van der Waals surface area contributed by atoms with E-state index in [1.807, 2.05) is 0 Å². The first-order chi connectivity index (χ1) is 18.3. The molecule has 3 aromatic carbocycles. The van der Waals surface area contributed by atoms with E-state index in [0.717, 1.165) is 37.7 Å². The van der Waals surface area contributed by atoms with Gasteiger partial charge in [-0.05, 0) is 96.4 Å². The summed E-state index contributed by atoms with van der Waals surface area (Å²) in [7, 11) is 0. The summed E-state index contributed by atoms with van der Waals surface area (Å²) in [6.45, 7) is 4.49. The Morgan fingerprint density at radius 2 is 1.68 bits per heavy atom. The van der Waals surface area contributed by atoms with Crippen LogP contribution in [0.15, 0.2) is 71.6 Å². The molecule has 2 aliphatic heterocycles. The molecule has 0 aromatic heterocycles. The Morgan fingerprint density at radius 1 is 0.838 bits per heavy atom. The highest BCUT2D eigenvalue weighted by molar-refractivity contribution is 8.00. The molecule has 1 unspecified atom stereocenters. The van der Waals surface area contributed by atoms with Crippen molar-refractivity contribution in [3.63, 3.8) is 0 Å². The van der Waals surface area contributed by atoms with E-state index in [-0.39, 0.29) is 5.54 Å². The molecule has 4 aliphatic rings. The molecule has 1 N–H and O–H groups in total. The topological polar surface area (TPSA) is 15.3 Å². The summed E-state index contributed by atoms with van der Waals surface area (Å²) >= 11 is 2.06. The van der Waals surface area contributed by atoms with E-state index in [9.17, 15) is 0 Å². The van der Waals surface area contributed by atoms with Crippen molar-refractivity contribution in [2.45, 2.75) is 80.0 Å². The summed E-state index contributed by atoms with van der Waals surface area (Å²) in [6, 6.07) is 26.2. The summed E-state index contributed by atoms with van der Waals surface area (Å²) < 4.78 is 0. The van der Waals surface area contributed by atoms with Crippen LogP contribution in [-0.4, -0.2) is 29.8 Å². The first-order valence-electron chi connectivity index (χ1n) is 14.7. The molecular weight excluding hydrogens is 468 g/mol. The van der Waals surface area contributed by atoms with Crippen LogP contribution >= 0.6 is 11.8 Å². The fourth-order valence-electron chi connectivity index (χ4n) is 7.28. The maximum Gasteiger partial charge on any atom is 0.0722 e. The van der Waals surface area contributed by atoms with Crippen LogP contribution in [0.1, 0.15) is 71.9 Å². The number of hydrogen-bond donors (Lipinski definition) is 1. The zero-order valence-electron chi connectivity index (χ0n) is 22.1. The van der Waals surface area contributed by atoms with Crippen molar-refractivity contribution < 1.29 is 0 Å². The van der Waals surface area contributed by atoms with Gasteiger partial charge in [0.2, 0.25) is 0 Å². The maximum absolute atomic E-state index is 4.11. The molecule has 2 aliphatic carbocycles. The van der Waals surface area contributed by atoms with Crippen molar-refractivity contribution in [2.75, 3.05) is 19.6 Å². The van der Waals surface area contributed by atoms with Gasteiger partial charge in [-0.3, -0.25) is 4.90 Å². The number of thioether (sulfide) groups is 1. The zero-order chi connectivity index (χ0) is 24.7. The predicted molar refractivity (Wildman–Crippen MR) is 155 cm³/mol. The van der Waals surface area contributed by atoms with Crippen molar-refractivity contribution in [3.05, 3.63) is 100 Å². The Morgan fingerprint density at radius 3 is 2.51 bits per heavy atom. The van der Waals surface area contributed by atoms with Crippen LogP contribution in [-0.2, 0) is 31.3 Å². The maximum atomic E-state index is 4.11. The number of nitrogens with one attached hydrogen (secondary N) is 1. The minimum atomic E-state index is -0.0124. The third kappa shape index (κ3) is 4.80. The predicted octanol–water partition coefficient (Wildman–Crippen LogP) is 7.12. The minimum absolute atomic E-state index is 0.0124. The molecule has 192 valence electrons. The molecule has 2 fully saturated rings. The second-order valence-corrected chi connectivity index (χ2v) is 13.2. The smallest absolute Gasteiger partial charge is 0.0722 e. The Kier molecular flexibility index (Phi) is 6.65. The Balaban J connectivity index is 1.08. The lowest BCUT2D eigenvalue weighted by molar-refractivity contribution is 0.246. The van der Waals surface area contributed by atoms with Crippen molar-refractivity contribution >= 4 is 11.8 Å². The van der Waals surface area contributed by atoms with E-state index >= 15 is 0 Å². The van der Waals surface area contributed by atoms with Crippen molar-refractivity contribution in [1.29, 1.82) is 0 Å². The molecule has 3 heteroatoms. The van der Waals surface area contributed by atoms with Gasteiger partial charge in [-0.2, -0.15) is 0 Å². The Labute approximate surface area is 227 Å². The van der Waals surface area contributed by atoms with Gasteiger partial charge < -0.3 is 5.32 Å². The molecule has 3 aromatic rings.